The number of amides is 2. The van der Waals surface area contributed by atoms with Crippen molar-refractivity contribution < 1.29 is 9.59 Å². The number of thiophene rings is 2. The molecule has 7 heteroatoms. The van der Waals surface area contributed by atoms with Crippen molar-refractivity contribution in [3.63, 3.8) is 0 Å². The molecular weight excluding hydrogens is 330 g/mol. The molecule has 2 aromatic heterocycles. The van der Waals surface area contributed by atoms with E-state index in [1.807, 2.05) is 29.8 Å². The molecule has 1 atom stereocenters. The summed E-state index contributed by atoms with van der Waals surface area (Å²) in [4.78, 5) is 25.8. The Morgan fingerprint density at radius 3 is 2.78 bits per heavy atom. The van der Waals surface area contributed by atoms with E-state index in [1.54, 1.807) is 22.7 Å². The monoisotopic (exact) mass is 347 g/mol. The van der Waals surface area contributed by atoms with Crippen LogP contribution in [-0.4, -0.2) is 29.1 Å². The van der Waals surface area contributed by atoms with Crippen LogP contribution < -0.4 is 5.32 Å². The Labute approximate surface area is 142 Å². The Morgan fingerprint density at radius 2 is 2.17 bits per heavy atom. The number of hydrogen-bond acceptors (Lipinski definition) is 5. The van der Waals surface area contributed by atoms with Crippen LogP contribution in [0.15, 0.2) is 34.1 Å². The van der Waals surface area contributed by atoms with Crippen molar-refractivity contribution in [2.75, 3.05) is 6.54 Å². The third-order valence-electron chi connectivity index (χ3n) is 3.66. The quantitative estimate of drug-likeness (QED) is 0.924. The first-order valence-corrected chi connectivity index (χ1v) is 9.04. The Hall–Kier alpha value is -1.99. The Morgan fingerprint density at radius 1 is 1.35 bits per heavy atom. The highest BCUT2D eigenvalue weighted by molar-refractivity contribution is 7.12. The van der Waals surface area contributed by atoms with Gasteiger partial charge in [-0.05, 0) is 35.4 Å². The fourth-order valence-electron chi connectivity index (χ4n) is 2.54. The molecule has 1 aliphatic rings. The molecule has 0 saturated carbocycles. The summed E-state index contributed by atoms with van der Waals surface area (Å²) in [6, 6.07) is 5.97. The second-order valence-corrected chi connectivity index (χ2v) is 7.26. The number of nitrogens with one attached hydrogen (secondary N) is 1. The molecule has 3 rings (SSSR count). The standard InChI is InChI=1S/C16H17N3O2S2/c1-10-5-7-23-16(10)13-8-12(14-4-3-6-22-14)18-19(13)15(21)9-17-11(2)20/h3-7,13H,8-9H2,1-2H3,(H,17,20). The first-order chi connectivity index (χ1) is 11.1. The Balaban J connectivity index is 1.88. The summed E-state index contributed by atoms with van der Waals surface area (Å²) in [7, 11) is 0. The zero-order valence-electron chi connectivity index (χ0n) is 12.9. The van der Waals surface area contributed by atoms with E-state index in [4.69, 9.17) is 0 Å². The van der Waals surface area contributed by atoms with Gasteiger partial charge >= 0.3 is 0 Å². The third-order valence-corrected chi connectivity index (χ3v) is 5.70. The fraction of sp³-hybridized carbons (Fsp3) is 0.312. The maximum absolute atomic E-state index is 12.5. The second kappa shape index (κ2) is 6.64. The van der Waals surface area contributed by atoms with E-state index in [2.05, 4.69) is 16.5 Å². The molecule has 120 valence electrons. The molecule has 1 unspecified atom stereocenters. The van der Waals surface area contributed by atoms with Crippen LogP contribution in [0.2, 0.25) is 0 Å². The lowest BCUT2D eigenvalue weighted by molar-refractivity contribution is -0.134. The second-order valence-electron chi connectivity index (χ2n) is 5.36. The van der Waals surface area contributed by atoms with Crippen molar-refractivity contribution in [2.24, 2.45) is 5.10 Å². The lowest BCUT2D eigenvalue weighted by atomic mass is 10.1. The number of rotatable bonds is 4. The van der Waals surface area contributed by atoms with Gasteiger partial charge in [0.25, 0.3) is 5.91 Å². The van der Waals surface area contributed by atoms with E-state index < -0.39 is 0 Å². The number of nitrogens with zero attached hydrogens (tertiary/aromatic N) is 2. The highest BCUT2D eigenvalue weighted by atomic mass is 32.1. The average molecular weight is 347 g/mol. The van der Waals surface area contributed by atoms with Crippen LogP contribution >= 0.6 is 22.7 Å². The molecule has 3 heterocycles. The summed E-state index contributed by atoms with van der Waals surface area (Å²) in [6.45, 7) is 3.42. The lowest BCUT2D eigenvalue weighted by Gasteiger charge is -2.21. The summed E-state index contributed by atoms with van der Waals surface area (Å²) in [6.07, 6.45) is 0.702. The van der Waals surface area contributed by atoms with Crippen molar-refractivity contribution >= 4 is 40.2 Å². The lowest BCUT2D eigenvalue weighted by Crippen LogP contribution is -2.37. The van der Waals surface area contributed by atoms with Gasteiger partial charge in [0.2, 0.25) is 5.91 Å². The average Bonchev–Trinajstić information content (AvgIpc) is 3.23. The van der Waals surface area contributed by atoms with Crippen molar-refractivity contribution in [2.45, 2.75) is 26.3 Å². The number of hydrogen-bond donors (Lipinski definition) is 1. The van der Waals surface area contributed by atoms with Gasteiger partial charge in [-0.2, -0.15) is 5.10 Å². The summed E-state index contributed by atoms with van der Waals surface area (Å²) in [5.74, 6) is -0.409. The van der Waals surface area contributed by atoms with Crippen LogP contribution in [0.25, 0.3) is 0 Å². The maximum Gasteiger partial charge on any atom is 0.262 e. The number of aryl methyl sites for hydroxylation is 1. The van der Waals surface area contributed by atoms with E-state index in [1.165, 1.54) is 17.5 Å². The van der Waals surface area contributed by atoms with Gasteiger partial charge in [-0.1, -0.05) is 6.07 Å². The van der Waals surface area contributed by atoms with Gasteiger partial charge in [-0.3, -0.25) is 9.59 Å². The largest absolute Gasteiger partial charge is 0.347 e. The molecule has 0 aliphatic carbocycles. The molecule has 0 bridgehead atoms. The molecule has 1 N–H and O–H groups in total. The Bertz CT molecular complexity index is 749. The molecule has 0 spiro atoms. The third kappa shape index (κ3) is 3.35. The van der Waals surface area contributed by atoms with Crippen LogP contribution in [0.1, 0.15) is 34.7 Å². The maximum atomic E-state index is 12.5. The molecule has 2 aromatic rings. The molecule has 0 aromatic carbocycles. The Kier molecular flexibility index (Phi) is 4.58. The van der Waals surface area contributed by atoms with Crippen LogP contribution in [0.5, 0.6) is 0 Å². The first-order valence-electron chi connectivity index (χ1n) is 7.28. The van der Waals surface area contributed by atoms with E-state index in [9.17, 15) is 9.59 Å². The van der Waals surface area contributed by atoms with Crippen LogP contribution in [0.3, 0.4) is 0 Å². The minimum absolute atomic E-state index is 0.0303. The molecule has 0 fully saturated rings. The van der Waals surface area contributed by atoms with Gasteiger partial charge in [0.15, 0.2) is 0 Å². The van der Waals surface area contributed by atoms with Gasteiger partial charge in [0.1, 0.15) is 0 Å². The van der Waals surface area contributed by atoms with Gasteiger partial charge in [0.05, 0.1) is 23.2 Å². The van der Waals surface area contributed by atoms with Crippen LogP contribution in [-0.2, 0) is 9.59 Å². The van der Waals surface area contributed by atoms with Crippen molar-refractivity contribution in [3.05, 3.63) is 44.3 Å². The summed E-state index contributed by atoms with van der Waals surface area (Å²) in [5.41, 5.74) is 2.09. The SMILES string of the molecule is CC(=O)NCC(=O)N1N=C(c2cccs2)CC1c1sccc1C. The molecule has 2 amide bonds. The van der Waals surface area contributed by atoms with Gasteiger partial charge in [-0.15, -0.1) is 22.7 Å². The fourth-order valence-corrected chi connectivity index (χ4v) is 4.28. The minimum atomic E-state index is -0.219. The van der Waals surface area contributed by atoms with Crippen molar-refractivity contribution in [1.82, 2.24) is 10.3 Å². The summed E-state index contributed by atoms with van der Waals surface area (Å²) >= 11 is 3.26. The van der Waals surface area contributed by atoms with Crippen LogP contribution in [0.4, 0.5) is 0 Å². The topological polar surface area (TPSA) is 61.8 Å². The molecule has 23 heavy (non-hydrogen) atoms. The molecule has 5 nitrogen and oxygen atoms in total. The predicted molar refractivity (Wildman–Crippen MR) is 92.8 cm³/mol. The van der Waals surface area contributed by atoms with E-state index in [-0.39, 0.29) is 24.4 Å². The number of carbonyl (C=O) groups is 2. The van der Waals surface area contributed by atoms with Crippen molar-refractivity contribution in [3.8, 4) is 0 Å². The van der Waals surface area contributed by atoms with E-state index in [0.717, 1.165) is 15.5 Å². The van der Waals surface area contributed by atoms with Gasteiger partial charge < -0.3 is 5.32 Å². The molecule has 1 aliphatic heterocycles. The molecule has 0 radical (unpaired) electrons. The smallest absolute Gasteiger partial charge is 0.262 e. The van der Waals surface area contributed by atoms with Gasteiger partial charge in [0, 0.05) is 18.2 Å². The zero-order chi connectivity index (χ0) is 16.4. The molecule has 0 saturated heterocycles. The molecular formula is C16H17N3O2S2. The zero-order valence-corrected chi connectivity index (χ0v) is 14.5. The number of hydrazone groups is 1. The van der Waals surface area contributed by atoms with Crippen LogP contribution in [0, 0.1) is 6.92 Å². The number of carbonyl (C=O) groups excluding carboxylic acids is 2. The van der Waals surface area contributed by atoms with E-state index in [0.29, 0.717) is 6.42 Å². The summed E-state index contributed by atoms with van der Waals surface area (Å²) in [5, 5.41) is 12.7. The van der Waals surface area contributed by atoms with Crippen molar-refractivity contribution in [1.29, 1.82) is 0 Å². The minimum Gasteiger partial charge on any atom is -0.347 e. The predicted octanol–water partition coefficient (Wildman–Crippen LogP) is 2.93. The van der Waals surface area contributed by atoms with E-state index >= 15 is 0 Å². The highest BCUT2D eigenvalue weighted by Crippen LogP contribution is 2.37. The highest BCUT2D eigenvalue weighted by Gasteiger charge is 2.34. The summed E-state index contributed by atoms with van der Waals surface area (Å²) < 4.78 is 0. The normalized spacial score (nSPS) is 17.2. The van der Waals surface area contributed by atoms with Gasteiger partial charge in [-0.25, -0.2) is 5.01 Å². The first kappa shape index (κ1) is 15.9.